The van der Waals surface area contributed by atoms with Crippen LogP contribution in [0, 0.1) is 0 Å². The van der Waals surface area contributed by atoms with Crippen molar-refractivity contribution in [1.82, 2.24) is 15.1 Å². The van der Waals surface area contributed by atoms with Crippen LogP contribution in [0.5, 0.6) is 0 Å². The molecule has 0 saturated heterocycles. The quantitative estimate of drug-likeness (QED) is 0.714. The van der Waals surface area contributed by atoms with Crippen molar-refractivity contribution in [3.8, 4) is 0 Å². The molecule has 0 spiro atoms. The fraction of sp³-hybridized carbons (Fsp3) is 0.667. The van der Waals surface area contributed by atoms with Crippen molar-refractivity contribution < 1.29 is 0 Å². The fourth-order valence-corrected chi connectivity index (χ4v) is 2.93. The molecule has 0 aliphatic heterocycles. The lowest BCUT2D eigenvalue weighted by molar-refractivity contribution is 0.211. The predicted octanol–water partition coefficient (Wildman–Crippen LogP) is 2.44. The Morgan fingerprint density at radius 3 is 2.29 bits per heavy atom. The van der Waals surface area contributed by atoms with Crippen LogP contribution in [0.3, 0.4) is 0 Å². The van der Waals surface area contributed by atoms with Gasteiger partial charge in [0.1, 0.15) is 0 Å². The highest BCUT2D eigenvalue weighted by Crippen LogP contribution is 2.24. The van der Waals surface area contributed by atoms with E-state index >= 15 is 0 Å². The lowest BCUT2D eigenvalue weighted by atomic mass is 9.81. The number of nitrogens with one attached hydrogen (secondary N) is 1. The minimum atomic E-state index is 0.157. The minimum Gasteiger partial charge on any atom is -0.319 e. The molecule has 1 aromatic rings. The average molecular weight is 291 g/mol. The van der Waals surface area contributed by atoms with Gasteiger partial charge >= 0.3 is 0 Å². The SMILES string of the molecule is CCN(CCCN(C)C)CC(C)(CNC)c1ccccc1. The van der Waals surface area contributed by atoms with Crippen molar-refractivity contribution in [2.45, 2.75) is 25.7 Å². The molecule has 0 heterocycles. The third kappa shape index (κ3) is 6.16. The number of nitrogens with zero attached hydrogens (tertiary/aromatic N) is 2. The van der Waals surface area contributed by atoms with Gasteiger partial charge in [-0.3, -0.25) is 0 Å². The van der Waals surface area contributed by atoms with E-state index in [2.05, 4.69) is 73.4 Å². The topological polar surface area (TPSA) is 18.5 Å². The number of benzene rings is 1. The second-order valence-corrected chi connectivity index (χ2v) is 6.48. The first-order chi connectivity index (χ1) is 10.0. The second-order valence-electron chi connectivity index (χ2n) is 6.48. The van der Waals surface area contributed by atoms with Gasteiger partial charge in [0.15, 0.2) is 0 Å². The lowest BCUT2D eigenvalue weighted by Crippen LogP contribution is -2.45. The monoisotopic (exact) mass is 291 g/mol. The molecule has 1 aromatic carbocycles. The first kappa shape index (κ1) is 18.1. The van der Waals surface area contributed by atoms with E-state index in [1.807, 2.05) is 7.05 Å². The molecule has 120 valence electrons. The van der Waals surface area contributed by atoms with E-state index in [-0.39, 0.29) is 5.41 Å². The average Bonchev–Trinajstić information content (AvgIpc) is 2.47. The zero-order valence-corrected chi connectivity index (χ0v) is 14.5. The maximum atomic E-state index is 3.38. The first-order valence-corrected chi connectivity index (χ1v) is 8.09. The molecule has 1 N–H and O–H groups in total. The number of likely N-dealkylation sites (N-methyl/N-ethyl adjacent to an activating group) is 2. The van der Waals surface area contributed by atoms with E-state index in [4.69, 9.17) is 0 Å². The Balaban J connectivity index is 2.71. The number of rotatable bonds is 10. The molecule has 0 aliphatic carbocycles. The summed E-state index contributed by atoms with van der Waals surface area (Å²) in [5.74, 6) is 0. The van der Waals surface area contributed by atoms with Crippen molar-refractivity contribution in [1.29, 1.82) is 0 Å². The summed E-state index contributed by atoms with van der Waals surface area (Å²) in [6.45, 7) is 10.2. The van der Waals surface area contributed by atoms with E-state index in [0.29, 0.717) is 0 Å². The van der Waals surface area contributed by atoms with Gasteiger partial charge in [-0.1, -0.05) is 44.2 Å². The zero-order valence-electron chi connectivity index (χ0n) is 14.5. The highest BCUT2D eigenvalue weighted by molar-refractivity contribution is 5.25. The van der Waals surface area contributed by atoms with Gasteiger partial charge in [-0.05, 0) is 52.8 Å². The molecular weight excluding hydrogens is 258 g/mol. The van der Waals surface area contributed by atoms with Gasteiger partial charge in [-0.25, -0.2) is 0 Å². The molecule has 0 saturated carbocycles. The molecule has 1 unspecified atom stereocenters. The summed E-state index contributed by atoms with van der Waals surface area (Å²) in [4.78, 5) is 4.84. The highest BCUT2D eigenvalue weighted by Gasteiger charge is 2.27. The summed E-state index contributed by atoms with van der Waals surface area (Å²) >= 11 is 0. The van der Waals surface area contributed by atoms with Crippen LogP contribution >= 0.6 is 0 Å². The molecule has 0 radical (unpaired) electrons. The van der Waals surface area contributed by atoms with E-state index in [9.17, 15) is 0 Å². The maximum Gasteiger partial charge on any atom is 0.0176 e. The largest absolute Gasteiger partial charge is 0.319 e. The maximum absolute atomic E-state index is 3.38. The van der Waals surface area contributed by atoms with Crippen LogP contribution in [-0.4, -0.2) is 63.7 Å². The van der Waals surface area contributed by atoms with Crippen LogP contribution in [0.25, 0.3) is 0 Å². The van der Waals surface area contributed by atoms with Crippen molar-refractivity contribution in [2.24, 2.45) is 0 Å². The van der Waals surface area contributed by atoms with E-state index in [1.54, 1.807) is 0 Å². The van der Waals surface area contributed by atoms with Crippen molar-refractivity contribution in [2.75, 3.05) is 53.9 Å². The molecular formula is C18H33N3. The smallest absolute Gasteiger partial charge is 0.0176 e. The Morgan fingerprint density at radius 2 is 1.76 bits per heavy atom. The molecule has 0 aromatic heterocycles. The Bertz CT molecular complexity index is 377. The Hall–Kier alpha value is -0.900. The van der Waals surface area contributed by atoms with Gasteiger partial charge in [0, 0.05) is 18.5 Å². The van der Waals surface area contributed by atoms with Crippen molar-refractivity contribution in [3.63, 3.8) is 0 Å². The van der Waals surface area contributed by atoms with Crippen LogP contribution in [0.15, 0.2) is 30.3 Å². The summed E-state index contributed by atoms with van der Waals surface area (Å²) in [5, 5.41) is 3.38. The Morgan fingerprint density at radius 1 is 1.10 bits per heavy atom. The molecule has 0 aliphatic rings. The number of hydrogen-bond donors (Lipinski definition) is 1. The van der Waals surface area contributed by atoms with Gasteiger partial charge < -0.3 is 15.1 Å². The Kier molecular flexibility index (Phi) is 7.94. The van der Waals surface area contributed by atoms with Gasteiger partial charge in [0.25, 0.3) is 0 Å². The van der Waals surface area contributed by atoms with Gasteiger partial charge in [0.2, 0.25) is 0 Å². The summed E-state index contributed by atoms with van der Waals surface area (Å²) in [7, 11) is 6.33. The van der Waals surface area contributed by atoms with Crippen molar-refractivity contribution in [3.05, 3.63) is 35.9 Å². The third-order valence-corrected chi connectivity index (χ3v) is 4.14. The zero-order chi connectivity index (χ0) is 15.7. The first-order valence-electron chi connectivity index (χ1n) is 8.09. The summed E-state index contributed by atoms with van der Waals surface area (Å²) in [6, 6.07) is 10.9. The van der Waals surface area contributed by atoms with Gasteiger partial charge in [-0.2, -0.15) is 0 Å². The van der Waals surface area contributed by atoms with Crippen LogP contribution in [-0.2, 0) is 5.41 Å². The molecule has 21 heavy (non-hydrogen) atoms. The molecule has 1 rings (SSSR count). The highest BCUT2D eigenvalue weighted by atomic mass is 15.1. The molecule has 1 atom stereocenters. The summed E-state index contributed by atoms with van der Waals surface area (Å²) in [5.41, 5.74) is 1.58. The normalized spacial score (nSPS) is 14.6. The van der Waals surface area contributed by atoms with Crippen LogP contribution in [0.2, 0.25) is 0 Å². The van der Waals surface area contributed by atoms with Gasteiger partial charge in [-0.15, -0.1) is 0 Å². The molecule has 3 heteroatoms. The summed E-state index contributed by atoms with van der Waals surface area (Å²) < 4.78 is 0. The van der Waals surface area contributed by atoms with Crippen LogP contribution < -0.4 is 5.32 Å². The molecule has 0 amide bonds. The number of hydrogen-bond acceptors (Lipinski definition) is 3. The fourth-order valence-electron chi connectivity index (χ4n) is 2.93. The van der Waals surface area contributed by atoms with Crippen LogP contribution in [0.1, 0.15) is 25.8 Å². The predicted molar refractivity (Wildman–Crippen MR) is 93.0 cm³/mol. The molecule has 3 nitrogen and oxygen atoms in total. The van der Waals surface area contributed by atoms with E-state index < -0.39 is 0 Å². The second kappa shape index (κ2) is 9.19. The van der Waals surface area contributed by atoms with E-state index in [0.717, 1.165) is 26.2 Å². The van der Waals surface area contributed by atoms with Gasteiger partial charge in [0.05, 0.1) is 0 Å². The standard InChI is InChI=1S/C18H33N3/c1-6-21(14-10-13-20(4)5)16-18(2,15-19-3)17-11-8-7-9-12-17/h7-9,11-12,19H,6,10,13-16H2,1-5H3. The molecule has 0 bridgehead atoms. The van der Waals surface area contributed by atoms with E-state index in [1.165, 1.54) is 18.5 Å². The lowest BCUT2D eigenvalue weighted by Gasteiger charge is -2.36. The Labute approximate surface area is 131 Å². The summed E-state index contributed by atoms with van der Waals surface area (Å²) in [6.07, 6.45) is 1.23. The van der Waals surface area contributed by atoms with Crippen LogP contribution in [0.4, 0.5) is 0 Å². The molecule has 0 fully saturated rings. The van der Waals surface area contributed by atoms with Crippen molar-refractivity contribution >= 4 is 0 Å². The third-order valence-electron chi connectivity index (χ3n) is 4.14. The minimum absolute atomic E-state index is 0.157.